The second kappa shape index (κ2) is 9.89. The SMILES string of the molecule is CCN(CC)Cc1cc(N)cc(-c2ccc(Cl)cc2)c1O.Cl.Cl. The van der Waals surface area contributed by atoms with Crippen LogP contribution in [0.4, 0.5) is 5.69 Å². The van der Waals surface area contributed by atoms with Crippen LogP contribution in [0.15, 0.2) is 36.4 Å². The lowest BCUT2D eigenvalue weighted by atomic mass is 10.00. The molecule has 0 saturated heterocycles. The topological polar surface area (TPSA) is 49.5 Å². The van der Waals surface area contributed by atoms with Gasteiger partial charge in [0.2, 0.25) is 0 Å². The second-order valence-corrected chi connectivity index (χ2v) is 5.48. The highest BCUT2D eigenvalue weighted by molar-refractivity contribution is 6.30. The number of benzene rings is 2. The third-order valence-corrected chi connectivity index (χ3v) is 3.91. The molecule has 23 heavy (non-hydrogen) atoms. The first-order chi connectivity index (χ1) is 10.0. The number of rotatable bonds is 5. The number of anilines is 1. The first-order valence-electron chi connectivity index (χ1n) is 7.14. The monoisotopic (exact) mass is 376 g/mol. The fourth-order valence-electron chi connectivity index (χ4n) is 2.38. The van der Waals surface area contributed by atoms with E-state index < -0.39 is 0 Å². The standard InChI is InChI=1S/C17H21ClN2O.2ClH/c1-3-20(4-2)11-13-9-15(19)10-16(17(13)21)12-5-7-14(18)8-6-12;;/h5-10,21H,3-4,11,19H2,1-2H3;2*1H. The summed E-state index contributed by atoms with van der Waals surface area (Å²) < 4.78 is 0. The first-order valence-corrected chi connectivity index (χ1v) is 7.52. The number of nitrogen functional groups attached to an aromatic ring is 1. The van der Waals surface area contributed by atoms with E-state index in [1.54, 1.807) is 6.07 Å². The van der Waals surface area contributed by atoms with Crippen LogP contribution in [0.1, 0.15) is 19.4 Å². The van der Waals surface area contributed by atoms with Crippen molar-refractivity contribution in [2.24, 2.45) is 0 Å². The summed E-state index contributed by atoms with van der Waals surface area (Å²) in [6.45, 7) is 6.76. The van der Waals surface area contributed by atoms with Crippen LogP contribution in [-0.4, -0.2) is 23.1 Å². The highest BCUT2D eigenvalue weighted by atomic mass is 35.5. The Morgan fingerprint density at radius 3 is 2.13 bits per heavy atom. The smallest absolute Gasteiger partial charge is 0.128 e. The summed E-state index contributed by atoms with van der Waals surface area (Å²) in [7, 11) is 0. The van der Waals surface area contributed by atoms with Gasteiger partial charge in [0.1, 0.15) is 5.75 Å². The van der Waals surface area contributed by atoms with Crippen molar-refractivity contribution < 1.29 is 5.11 Å². The fraction of sp³-hybridized carbons (Fsp3) is 0.294. The van der Waals surface area contributed by atoms with Crippen LogP contribution in [-0.2, 0) is 6.54 Å². The van der Waals surface area contributed by atoms with Crippen molar-refractivity contribution >= 4 is 42.1 Å². The van der Waals surface area contributed by atoms with Gasteiger partial charge in [-0.2, -0.15) is 0 Å². The van der Waals surface area contributed by atoms with E-state index >= 15 is 0 Å². The molecule has 2 rings (SSSR count). The molecule has 0 fully saturated rings. The van der Waals surface area contributed by atoms with Crippen LogP contribution in [0, 0.1) is 0 Å². The lowest BCUT2D eigenvalue weighted by Crippen LogP contribution is -2.22. The molecule has 0 heterocycles. The van der Waals surface area contributed by atoms with Crippen molar-refractivity contribution in [3.8, 4) is 16.9 Å². The largest absolute Gasteiger partial charge is 0.507 e. The number of hydrogen-bond donors (Lipinski definition) is 2. The molecule has 2 aromatic rings. The molecule has 0 unspecified atom stereocenters. The number of nitrogens with two attached hydrogens (primary N) is 1. The van der Waals surface area contributed by atoms with Gasteiger partial charge in [0.25, 0.3) is 0 Å². The minimum Gasteiger partial charge on any atom is -0.507 e. The van der Waals surface area contributed by atoms with E-state index in [9.17, 15) is 5.11 Å². The molecule has 0 aliphatic carbocycles. The van der Waals surface area contributed by atoms with Gasteiger partial charge in [-0.25, -0.2) is 0 Å². The summed E-state index contributed by atoms with van der Waals surface area (Å²) in [6.07, 6.45) is 0. The fourth-order valence-corrected chi connectivity index (χ4v) is 2.50. The van der Waals surface area contributed by atoms with Gasteiger partial charge >= 0.3 is 0 Å². The predicted octanol–water partition coefficient (Wildman–Crippen LogP) is 4.98. The average molecular weight is 378 g/mol. The number of nitrogens with zero attached hydrogens (tertiary/aromatic N) is 1. The number of aromatic hydroxyl groups is 1. The summed E-state index contributed by atoms with van der Waals surface area (Å²) in [5, 5.41) is 11.2. The highest BCUT2D eigenvalue weighted by Crippen LogP contribution is 2.35. The van der Waals surface area contributed by atoms with E-state index in [1.165, 1.54) is 0 Å². The molecule has 128 valence electrons. The molecule has 2 aromatic carbocycles. The van der Waals surface area contributed by atoms with Crippen molar-refractivity contribution in [2.75, 3.05) is 18.8 Å². The maximum absolute atomic E-state index is 10.6. The Morgan fingerprint density at radius 1 is 1.04 bits per heavy atom. The van der Waals surface area contributed by atoms with E-state index in [0.29, 0.717) is 23.0 Å². The molecule has 0 saturated carbocycles. The minimum atomic E-state index is 0. The number of phenols is 1. The molecule has 0 atom stereocenters. The molecular weight excluding hydrogens is 355 g/mol. The van der Waals surface area contributed by atoms with E-state index in [-0.39, 0.29) is 24.8 Å². The Hall–Kier alpha value is -1.13. The maximum Gasteiger partial charge on any atom is 0.128 e. The van der Waals surface area contributed by atoms with Crippen molar-refractivity contribution in [1.29, 1.82) is 0 Å². The zero-order valence-electron chi connectivity index (χ0n) is 13.3. The van der Waals surface area contributed by atoms with Crippen LogP contribution >= 0.6 is 36.4 Å². The summed E-state index contributed by atoms with van der Waals surface area (Å²) in [4.78, 5) is 2.24. The van der Waals surface area contributed by atoms with Gasteiger partial charge < -0.3 is 10.8 Å². The van der Waals surface area contributed by atoms with Gasteiger partial charge in [0.15, 0.2) is 0 Å². The Morgan fingerprint density at radius 2 is 1.61 bits per heavy atom. The van der Waals surface area contributed by atoms with E-state index in [0.717, 1.165) is 29.8 Å². The van der Waals surface area contributed by atoms with Crippen molar-refractivity contribution in [3.05, 3.63) is 47.0 Å². The quantitative estimate of drug-likeness (QED) is 0.570. The highest BCUT2D eigenvalue weighted by Gasteiger charge is 2.13. The molecule has 6 heteroatoms. The molecule has 0 aliphatic heterocycles. The van der Waals surface area contributed by atoms with Crippen LogP contribution in [0.3, 0.4) is 0 Å². The minimum absolute atomic E-state index is 0. The molecule has 3 nitrogen and oxygen atoms in total. The Bertz CT molecular complexity index is 614. The molecule has 0 aliphatic rings. The van der Waals surface area contributed by atoms with E-state index in [1.807, 2.05) is 30.3 Å². The van der Waals surface area contributed by atoms with Crippen LogP contribution < -0.4 is 5.73 Å². The van der Waals surface area contributed by atoms with Gasteiger partial charge in [0, 0.05) is 28.4 Å². The lowest BCUT2D eigenvalue weighted by Gasteiger charge is -2.20. The summed E-state index contributed by atoms with van der Waals surface area (Å²) >= 11 is 5.91. The summed E-state index contributed by atoms with van der Waals surface area (Å²) in [6, 6.07) is 11.0. The number of hydrogen-bond acceptors (Lipinski definition) is 3. The van der Waals surface area contributed by atoms with Gasteiger partial charge in [-0.1, -0.05) is 37.6 Å². The van der Waals surface area contributed by atoms with Gasteiger partial charge in [-0.15, -0.1) is 24.8 Å². The van der Waals surface area contributed by atoms with Gasteiger partial charge in [0.05, 0.1) is 0 Å². The average Bonchev–Trinajstić information content (AvgIpc) is 2.48. The molecule has 0 bridgehead atoms. The normalized spacial score (nSPS) is 10.1. The van der Waals surface area contributed by atoms with Crippen LogP contribution in [0.2, 0.25) is 5.02 Å². The Labute approximate surface area is 155 Å². The Kier molecular flexibility index (Phi) is 9.40. The molecule has 0 amide bonds. The zero-order chi connectivity index (χ0) is 15.4. The predicted molar refractivity (Wildman–Crippen MR) is 104 cm³/mol. The van der Waals surface area contributed by atoms with Gasteiger partial charge in [-0.3, -0.25) is 4.90 Å². The maximum atomic E-state index is 10.6. The van der Waals surface area contributed by atoms with Crippen molar-refractivity contribution in [2.45, 2.75) is 20.4 Å². The molecular formula is C17H23Cl3N2O. The molecule has 3 N–H and O–H groups in total. The van der Waals surface area contributed by atoms with E-state index in [2.05, 4.69) is 18.7 Å². The van der Waals surface area contributed by atoms with Crippen molar-refractivity contribution in [3.63, 3.8) is 0 Å². The van der Waals surface area contributed by atoms with Gasteiger partial charge in [-0.05, 0) is 42.9 Å². The second-order valence-electron chi connectivity index (χ2n) is 5.04. The first kappa shape index (κ1) is 21.9. The lowest BCUT2D eigenvalue weighted by molar-refractivity contribution is 0.291. The number of phenolic OH excluding ortho intramolecular Hbond substituents is 1. The van der Waals surface area contributed by atoms with Crippen molar-refractivity contribution in [1.82, 2.24) is 4.90 Å². The zero-order valence-corrected chi connectivity index (χ0v) is 15.6. The number of halogens is 3. The van der Waals surface area contributed by atoms with Crippen LogP contribution in [0.25, 0.3) is 11.1 Å². The Balaban J connectivity index is 0.00000242. The third kappa shape index (κ3) is 5.47. The summed E-state index contributed by atoms with van der Waals surface area (Å²) in [5.74, 6) is 0.290. The molecule has 0 aromatic heterocycles. The molecule has 0 radical (unpaired) electrons. The van der Waals surface area contributed by atoms with Crippen LogP contribution in [0.5, 0.6) is 5.75 Å². The summed E-state index contributed by atoms with van der Waals surface area (Å²) in [5.41, 5.74) is 9.15. The third-order valence-electron chi connectivity index (χ3n) is 3.65. The van der Waals surface area contributed by atoms with E-state index in [4.69, 9.17) is 17.3 Å². The molecule has 0 spiro atoms.